The molecule has 13 heavy (non-hydrogen) atoms. The van der Waals surface area contributed by atoms with Crippen molar-refractivity contribution >= 4 is 17.3 Å². The molecule has 0 aliphatic heterocycles. The molecular formula is C10H12N2O. The lowest BCUT2D eigenvalue weighted by Crippen LogP contribution is -2.19. The number of allylic oxidation sites excluding steroid dienone is 1. The first kappa shape index (κ1) is 9.32. The van der Waals surface area contributed by atoms with E-state index in [4.69, 9.17) is 5.73 Å². The van der Waals surface area contributed by atoms with E-state index < -0.39 is 6.03 Å². The molecule has 0 saturated carbocycles. The van der Waals surface area contributed by atoms with Gasteiger partial charge in [-0.2, -0.15) is 0 Å². The van der Waals surface area contributed by atoms with Crippen LogP contribution in [0.15, 0.2) is 30.8 Å². The number of amides is 2. The highest BCUT2D eigenvalue weighted by atomic mass is 16.2. The third-order valence-electron chi connectivity index (χ3n) is 1.64. The average molecular weight is 176 g/mol. The van der Waals surface area contributed by atoms with Crippen LogP contribution in [0.5, 0.6) is 0 Å². The molecule has 0 heterocycles. The van der Waals surface area contributed by atoms with Crippen LogP contribution in [0.3, 0.4) is 0 Å². The van der Waals surface area contributed by atoms with Crippen molar-refractivity contribution in [3.8, 4) is 0 Å². The number of primary amides is 1. The fourth-order valence-corrected chi connectivity index (χ4v) is 1.10. The fourth-order valence-electron chi connectivity index (χ4n) is 1.10. The normalized spacial score (nSPS) is 9.31. The van der Waals surface area contributed by atoms with E-state index in [1.165, 1.54) is 0 Å². The van der Waals surface area contributed by atoms with Crippen LogP contribution in [0.1, 0.15) is 12.5 Å². The van der Waals surface area contributed by atoms with Gasteiger partial charge >= 0.3 is 6.03 Å². The smallest absolute Gasteiger partial charge is 0.316 e. The summed E-state index contributed by atoms with van der Waals surface area (Å²) in [6, 6.07) is 6.82. The highest BCUT2D eigenvalue weighted by Crippen LogP contribution is 2.21. The van der Waals surface area contributed by atoms with E-state index in [2.05, 4.69) is 11.9 Å². The zero-order valence-electron chi connectivity index (χ0n) is 7.50. The van der Waals surface area contributed by atoms with Gasteiger partial charge in [0.1, 0.15) is 0 Å². The number of nitrogens with two attached hydrogens (primary N) is 1. The first-order chi connectivity index (χ1) is 6.11. The van der Waals surface area contributed by atoms with Crippen molar-refractivity contribution in [2.45, 2.75) is 6.92 Å². The van der Waals surface area contributed by atoms with E-state index in [0.717, 1.165) is 11.1 Å². The van der Waals surface area contributed by atoms with Crippen LogP contribution in [-0.4, -0.2) is 6.03 Å². The summed E-state index contributed by atoms with van der Waals surface area (Å²) in [7, 11) is 0. The maximum absolute atomic E-state index is 10.6. The van der Waals surface area contributed by atoms with Gasteiger partial charge in [0.15, 0.2) is 0 Å². The van der Waals surface area contributed by atoms with E-state index in [1.807, 2.05) is 25.1 Å². The molecular weight excluding hydrogens is 164 g/mol. The lowest BCUT2D eigenvalue weighted by molar-refractivity contribution is 0.259. The van der Waals surface area contributed by atoms with Crippen molar-refractivity contribution in [2.24, 2.45) is 5.73 Å². The Labute approximate surface area is 77.3 Å². The standard InChI is InChI=1S/C10H12N2O/c1-7(2)8-5-3-4-6-9(8)12-10(11)13/h3-6H,1H2,2H3,(H3,11,12,13). The van der Waals surface area contributed by atoms with Crippen LogP contribution in [0.2, 0.25) is 0 Å². The summed E-state index contributed by atoms with van der Waals surface area (Å²) >= 11 is 0. The SMILES string of the molecule is C=C(C)c1ccccc1NC(N)=O. The van der Waals surface area contributed by atoms with Crippen LogP contribution < -0.4 is 11.1 Å². The number of hydrogen-bond acceptors (Lipinski definition) is 1. The molecule has 0 fully saturated rings. The number of anilines is 1. The molecule has 3 nitrogen and oxygen atoms in total. The van der Waals surface area contributed by atoms with E-state index in [1.54, 1.807) is 6.07 Å². The summed E-state index contributed by atoms with van der Waals surface area (Å²) in [6.45, 7) is 5.68. The van der Waals surface area contributed by atoms with Crippen molar-refractivity contribution in [3.63, 3.8) is 0 Å². The molecule has 0 atom stereocenters. The molecule has 0 radical (unpaired) electrons. The minimum Gasteiger partial charge on any atom is -0.351 e. The van der Waals surface area contributed by atoms with Crippen molar-refractivity contribution in [1.29, 1.82) is 0 Å². The molecule has 0 aliphatic rings. The van der Waals surface area contributed by atoms with E-state index in [9.17, 15) is 4.79 Å². The van der Waals surface area contributed by atoms with Gasteiger partial charge in [0.25, 0.3) is 0 Å². The molecule has 1 aromatic rings. The van der Waals surface area contributed by atoms with Crippen LogP contribution in [0, 0.1) is 0 Å². The number of urea groups is 1. The van der Waals surface area contributed by atoms with Gasteiger partial charge in [0, 0.05) is 11.3 Å². The molecule has 68 valence electrons. The van der Waals surface area contributed by atoms with Crippen LogP contribution >= 0.6 is 0 Å². The predicted molar refractivity (Wildman–Crippen MR) is 54.4 cm³/mol. The molecule has 3 N–H and O–H groups in total. The summed E-state index contributed by atoms with van der Waals surface area (Å²) in [5.74, 6) is 0. The van der Waals surface area contributed by atoms with Crippen molar-refractivity contribution < 1.29 is 4.79 Å². The number of benzene rings is 1. The Morgan fingerprint density at radius 1 is 1.46 bits per heavy atom. The van der Waals surface area contributed by atoms with Gasteiger partial charge in [0.2, 0.25) is 0 Å². The third kappa shape index (κ3) is 2.33. The van der Waals surface area contributed by atoms with Crippen molar-refractivity contribution in [3.05, 3.63) is 36.4 Å². The van der Waals surface area contributed by atoms with Crippen LogP contribution in [0.4, 0.5) is 10.5 Å². The monoisotopic (exact) mass is 176 g/mol. The molecule has 0 saturated heterocycles. The maximum Gasteiger partial charge on any atom is 0.316 e. The molecule has 2 amide bonds. The van der Waals surface area contributed by atoms with Gasteiger partial charge in [-0.3, -0.25) is 0 Å². The number of para-hydroxylation sites is 1. The quantitative estimate of drug-likeness (QED) is 0.713. The predicted octanol–water partition coefficient (Wildman–Crippen LogP) is 2.21. The Hall–Kier alpha value is -1.77. The highest BCUT2D eigenvalue weighted by Gasteiger charge is 2.02. The van der Waals surface area contributed by atoms with E-state index >= 15 is 0 Å². The number of nitrogens with one attached hydrogen (secondary N) is 1. The number of carbonyl (C=O) groups excluding carboxylic acids is 1. The molecule has 0 aliphatic carbocycles. The van der Waals surface area contributed by atoms with Gasteiger partial charge in [-0.1, -0.05) is 24.8 Å². The molecule has 0 unspecified atom stereocenters. The molecule has 3 heteroatoms. The molecule has 0 spiro atoms. The zero-order valence-corrected chi connectivity index (χ0v) is 7.50. The Morgan fingerprint density at radius 3 is 2.62 bits per heavy atom. The second-order valence-electron chi connectivity index (χ2n) is 2.82. The molecule has 1 rings (SSSR count). The zero-order chi connectivity index (χ0) is 9.84. The van der Waals surface area contributed by atoms with Gasteiger partial charge in [0.05, 0.1) is 0 Å². The topological polar surface area (TPSA) is 55.1 Å². The second-order valence-corrected chi connectivity index (χ2v) is 2.82. The highest BCUT2D eigenvalue weighted by molar-refractivity contribution is 5.91. The first-order valence-electron chi connectivity index (χ1n) is 3.92. The van der Waals surface area contributed by atoms with Crippen LogP contribution in [-0.2, 0) is 0 Å². The first-order valence-corrected chi connectivity index (χ1v) is 3.92. The average Bonchev–Trinajstić information content (AvgIpc) is 2.03. The fraction of sp³-hybridized carbons (Fsp3) is 0.100. The van der Waals surface area contributed by atoms with Crippen LogP contribution in [0.25, 0.3) is 5.57 Å². The molecule has 1 aromatic carbocycles. The lowest BCUT2D eigenvalue weighted by Gasteiger charge is -2.08. The maximum atomic E-state index is 10.6. The summed E-state index contributed by atoms with van der Waals surface area (Å²) in [6.07, 6.45) is 0. The Kier molecular flexibility index (Phi) is 2.69. The Morgan fingerprint density at radius 2 is 2.08 bits per heavy atom. The van der Waals surface area contributed by atoms with Crippen molar-refractivity contribution in [1.82, 2.24) is 0 Å². The minimum absolute atomic E-state index is 0.561. The second kappa shape index (κ2) is 3.76. The number of hydrogen-bond donors (Lipinski definition) is 2. The Balaban J connectivity index is 3.04. The number of rotatable bonds is 2. The summed E-state index contributed by atoms with van der Waals surface area (Å²) < 4.78 is 0. The van der Waals surface area contributed by atoms with E-state index in [0.29, 0.717) is 5.69 Å². The van der Waals surface area contributed by atoms with Gasteiger partial charge in [-0.15, -0.1) is 0 Å². The summed E-state index contributed by atoms with van der Waals surface area (Å²) in [5.41, 5.74) is 7.51. The lowest BCUT2D eigenvalue weighted by atomic mass is 10.1. The van der Waals surface area contributed by atoms with Gasteiger partial charge < -0.3 is 11.1 Å². The molecule has 0 bridgehead atoms. The number of carbonyl (C=O) groups is 1. The van der Waals surface area contributed by atoms with Gasteiger partial charge in [-0.25, -0.2) is 4.79 Å². The summed E-state index contributed by atoms with van der Waals surface area (Å²) in [4.78, 5) is 10.6. The van der Waals surface area contributed by atoms with Gasteiger partial charge in [-0.05, 0) is 18.6 Å². The summed E-state index contributed by atoms with van der Waals surface area (Å²) in [5, 5.41) is 2.53. The largest absolute Gasteiger partial charge is 0.351 e. The Bertz CT molecular complexity index is 345. The minimum atomic E-state index is -0.561. The van der Waals surface area contributed by atoms with E-state index in [-0.39, 0.29) is 0 Å². The van der Waals surface area contributed by atoms with Crippen molar-refractivity contribution in [2.75, 3.05) is 5.32 Å². The molecule has 0 aromatic heterocycles. The third-order valence-corrected chi connectivity index (χ3v) is 1.64.